The minimum absolute atomic E-state index is 0.384. The van der Waals surface area contributed by atoms with Gasteiger partial charge < -0.3 is 20.6 Å². The van der Waals surface area contributed by atoms with Crippen molar-refractivity contribution in [2.45, 2.75) is 263 Å². The van der Waals surface area contributed by atoms with Crippen molar-refractivity contribution in [2.75, 3.05) is 6.61 Å². The molecule has 0 aromatic rings. The number of aliphatic hydroxyl groups excluding tert-OH is 3. The van der Waals surface area contributed by atoms with Gasteiger partial charge in [0.25, 0.3) is 0 Å². The van der Waals surface area contributed by atoms with Gasteiger partial charge in [0, 0.05) is 0 Å². The van der Waals surface area contributed by atoms with E-state index >= 15 is 0 Å². The molecule has 0 rings (SSSR count). The van der Waals surface area contributed by atoms with Crippen molar-refractivity contribution in [3.8, 4) is 0 Å². The average Bonchev–Trinajstić information content (AvgIpc) is 3.20. The second kappa shape index (κ2) is 46.0. The third kappa shape index (κ3) is 40.5. The minimum Gasteiger partial charge on any atom is -0.394 e. The molecule has 0 heterocycles. The first-order valence-electron chi connectivity index (χ1n) is 24.5. The van der Waals surface area contributed by atoms with Crippen molar-refractivity contribution in [1.82, 2.24) is 5.32 Å². The number of hydrogen-bond donors (Lipinski definition) is 4. The molecule has 3 atom stereocenters. The summed E-state index contributed by atoms with van der Waals surface area (Å²) in [6.07, 6.45) is 60.2. The molecule has 5 nitrogen and oxygen atoms in total. The zero-order valence-electron chi connectivity index (χ0n) is 37.3. The lowest BCUT2D eigenvalue weighted by atomic mass is 10.0. The fourth-order valence-corrected chi connectivity index (χ4v) is 7.27. The number of hydrogen-bond acceptors (Lipinski definition) is 4. The van der Waals surface area contributed by atoms with Crippen LogP contribution >= 0.6 is 0 Å². The summed E-state index contributed by atoms with van der Waals surface area (Å²) in [5.74, 6) is -0.521. The van der Waals surface area contributed by atoms with E-state index in [-0.39, 0.29) is 6.61 Å². The van der Waals surface area contributed by atoms with Gasteiger partial charge in [-0.1, -0.05) is 223 Å². The Kier molecular flexibility index (Phi) is 44.6. The molecule has 0 aromatic heterocycles. The summed E-state index contributed by atoms with van der Waals surface area (Å²) in [5.41, 5.74) is 0. The van der Waals surface area contributed by atoms with Crippen LogP contribution in [0.1, 0.15) is 245 Å². The van der Waals surface area contributed by atoms with Gasteiger partial charge in [0.1, 0.15) is 6.10 Å². The molecule has 0 saturated carbocycles. The van der Waals surface area contributed by atoms with Crippen LogP contribution < -0.4 is 5.32 Å². The minimum atomic E-state index is -1.12. The molecule has 56 heavy (non-hydrogen) atoms. The first-order chi connectivity index (χ1) is 27.6. The Morgan fingerprint density at radius 2 is 0.732 bits per heavy atom. The maximum Gasteiger partial charge on any atom is 0.249 e. The standard InChI is InChI=1S/C51H95NO4/c1-3-5-7-9-11-13-15-17-19-21-23-24-25-26-28-29-31-33-35-37-39-41-43-45-49(54)48(47-53)52-51(56)50(55)46-44-42-40-38-36-34-32-30-27-22-20-18-16-14-12-10-8-6-4-2/h27-30,35,37,43,45,48-50,53-55H,3-26,31-34,36,38-42,44,46-47H2,1-2H3,(H,52,56)/b29-28+,30-27-,37-35+,45-43+. The highest BCUT2D eigenvalue weighted by molar-refractivity contribution is 5.80. The van der Waals surface area contributed by atoms with Gasteiger partial charge in [-0.3, -0.25) is 4.79 Å². The number of allylic oxidation sites excluding steroid dienone is 7. The van der Waals surface area contributed by atoms with Crippen LogP contribution in [0.2, 0.25) is 0 Å². The van der Waals surface area contributed by atoms with E-state index in [4.69, 9.17) is 0 Å². The topological polar surface area (TPSA) is 89.8 Å². The number of unbranched alkanes of at least 4 members (excludes halogenated alkanes) is 30. The molecule has 328 valence electrons. The van der Waals surface area contributed by atoms with Crippen molar-refractivity contribution in [1.29, 1.82) is 0 Å². The Hall–Kier alpha value is -1.69. The van der Waals surface area contributed by atoms with Crippen LogP contribution in [0.5, 0.6) is 0 Å². The Labute approximate surface area is 348 Å². The van der Waals surface area contributed by atoms with E-state index in [1.807, 2.05) is 6.08 Å². The van der Waals surface area contributed by atoms with E-state index in [1.165, 1.54) is 173 Å². The zero-order valence-corrected chi connectivity index (χ0v) is 37.3. The van der Waals surface area contributed by atoms with Gasteiger partial charge in [-0.2, -0.15) is 0 Å². The van der Waals surface area contributed by atoms with Crippen LogP contribution in [0.25, 0.3) is 0 Å². The van der Waals surface area contributed by atoms with Gasteiger partial charge >= 0.3 is 0 Å². The highest BCUT2D eigenvalue weighted by Gasteiger charge is 2.22. The van der Waals surface area contributed by atoms with E-state index in [0.29, 0.717) is 6.42 Å². The number of carbonyl (C=O) groups excluding carboxylic acids is 1. The molecule has 5 heteroatoms. The Morgan fingerprint density at radius 3 is 1.09 bits per heavy atom. The van der Waals surface area contributed by atoms with Crippen molar-refractivity contribution in [2.24, 2.45) is 0 Å². The summed E-state index contributed by atoms with van der Waals surface area (Å²) in [7, 11) is 0. The van der Waals surface area contributed by atoms with Crippen LogP contribution in [0.15, 0.2) is 48.6 Å². The summed E-state index contributed by atoms with van der Waals surface area (Å²) >= 11 is 0. The molecule has 0 radical (unpaired) electrons. The van der Waals surface area contributed by atoms with Gasteiger partial charge in [0.2, 0.25) is 5.91 Å². The lowest BCUT2D eigenvalue weighted by Crippen LogP contribution is -2.48. The lowest BCUT2D eigenvalue weighted by molar-refractivity contribution is -0.131. The van der Waals surface area contributed by atoms with Crippen LogP contribution in [0.4, 0.5) is 0 Å². The van der Waals surface area contributed by atoms with E-state index < -0.39 is 24.2 Å². The van der Waals surface area contributed by atoms with Crippen LogP contribution in [-0.2, 0) is 4.79 Å². The molecule has 4 N–H and O–H groups in total. The van der Waals surface area contributed by atoms with E-state index in [2.05, 4.69) is 55.6 Å². The summed E-state index contributed by atoms with van der Waals surface area (Å²) in [6, 6.07) is -0.824. The second-order valence-corrected chi connectivity index (χ2v) is 16.6. The van der Waals surface area contributed by atoms with Crippen molar-refractivity contribution >= 4 is 5.91 Å². The van der Waals surface area contributed by atoms with Crippen LogP contribution in [0, 0.1) is 0 Å². The summed E-state index contributed by atoms with van der Waals surface area (Å²) in [5, 5.41) is 33.2. The SMILES string of the molecule is CCCCCCCCCCC/C=C\CCCCCCCCC(O)C(=O)NC(CO)C(O)/C=C/CC/C=C/CC/C=C/CCCCCCCCCCCCCCC. The first-order valence-corrected chi connectivity index (χ1v) is 24.5. The Balaban J connectivity index is 3.72. The third-order valence-corrected chi connectivity index (χ3v) is 11.1. The molecule has 0 aliphatic rings. The molecule has 0 bridgehead atoms. The number of carbonyl (C=O) groups is 1. The monoisotopic (exact) mass is 786 g/mol. The maximum absolute atomic E-state index is 12.5. The van der Waals surface area contributed by atoms with Gasteiger partial charge in [0.15, 0.2) is 0 Å². The second-order valence-electron chi connectivity index (χ2n) is 16.6. The van der Waals surface area contributed by atoms with E-state index in [9.17, 15) is 20.1 Å². The Morgan fingerprint density at radius 1 is 0.429 bits per heavy atom. The first kappa shape index (κ1) is 54.3. The van der Waals surface area contributed by atoms with Crippen molar-refractivity contribution in [3.63, 3.8) is 0 Å². The average molecular weight is 786 g/mol. The van der Waals surface area contributed by atoms with E-state index in [1.54, 1.807) is 6.08 Å². The Bertz CT molecular complexity index is 912. The number of rotatable bonds is 44. The number of amides is 1. The normalized spacial score (nSPS) is 13.9. The predicted molar refractivity (Wildman–Crippen MR) is 245 cm³/mol. The molecular weight excluding hydrogens is 691 g/mol. The molecule has 0 spiro atoms. The zero-order chi connectivity index (χ0) is 40.8. The third-order valence-electron chi connectivity index (χ3n) is 11.1. The van der Waals surface area contributed by atoms with Gasteiger partial charge in [0.05, 0.1) is 18.8 Å². The van der Waals surface area contributed by atoms with Gasteiger partial charge in [-0.05, 0) is 70.6 Å². The maximum atomic E-state index is 12.5. The summed E-state index contributed by atoms with van der Waals surface area (Å²) in [6.45, 7) is 4.18. The molecule has 0 aromatic carbocycles. The molecule has 0 aliphatic carbocycles. The lowest BCUT2D eigenvalue weighted by Gasteiger charge is -2.21. The summed E-state index contributed by atoms with van der Waals surface area (Å²) < 4.78 is 0. The molecule has 0 saturated heterocycles. The molecule has 3 unspecified atom stereocenters. The molecular formula is C51H95NO4. The quantitative estimate of drug-likeness (QED) is 0.0366. The highest BCUT2D eigenvalue weighted by atomic mass is 16.3. The van der Waals surface area contributed by atoms with Crippen molar-refractivity contribution in [3.05, 3.63) is 48.6 Å². The highest BCUT2D eigenvalue weighted by Crippen LogP contribution is 2.15. The molecule has 0 aliphatic heterocycles. The van der Waals surface area contributed by atoms with Crippen molar-refractivity contribution < 1.29 is 20.1 Å². The van der Waals surface area contributed by atoms with Gasteiger partial charge in [-0.25, -0.2) is 0 Å². The fraction of sp³-hybridized carbons (Fsp3) is 0.824. The summed E-state index contributed by atoms with van der Waals surface area (Å²) in [4.78, 5) is 12.5. The number of aliphatic hydroxyl groups is 3. The molecule has 1 amide bonds. The van der Waals surface area contributed by atoms with Crippen LogP contribution in [-0.4, -0.2) is 46.1 Å². The smallest absolute Gasteiger partial charge is 0.249 e. The largest absolute Gasteiger partial charge is 0.394 e. The van der Waals surface area contributed by atoms with E-state index in [0.717, 1.165) is 51.4 Å². The molecule has 0 fully saturated rings. The predicted octanol–water partition coefficient (Wildman–Crippen LogP) is 14.5. The fourth-order valence-electron chi connectivity index (χ4n) is 7.27. The van der Waals surface area contributed by atoms with Crippen LogP contribution in [0.3, 0.4) is 0 Å². The van der Waals surface area contributed by atoms with Gasteiger partial charge in [-0.15, -0.1) is 0 Å². The number of nitrogens with one attached hydrogen (secondary N) is 1.